The maximum absolute atomic E-state index is 10.9. The van der Waals surface area contributed by atoms with Crippen LogP contribution < -0.4 is 21.2 Å². The van der Waals surface area contributed by atoms with Gasteiger partial charge in [0.25, 0.3) is 5.69 Å². The normalized spacial score (nSPS) is 9.31. The zero-order valence-corrected chi connectivity index (χ0v) is 40.7. The van der Waals surface area contributed by atoms with Crippen molar-refractivity contribution in [2.45, 2.75) is 6.92 Å². The van der Waals surface area contributed by atoms with Crippen molar-refractivity contribution in [2.75, 3.05) is 19.9 Å². The minimum atomic E-state index is -4.12. The summed E-state index contributed by atoms with van der Waals surface area (Å²) in [6.45, 7) is 6.57. The number of nitrogens with zero attached hydrogens (tertiary/aromatic N) is 1. The fourth-order valence-corrected chi connectivity index (χ4v) is 6.94. The van der Waals surface area contributed by atoms with E-state index in [4.69, 9.17) is 0 Å². The molecule has 2 radical (unpaired) electrons. The predicted molar refractivity (Wildman–Crippen MR) is 228 cm³/mol. The maximum Gasteiger partial charge on any atom is 0.456 e. The molecule has 0 aliphatic carbocycles. The van der Waals surface area contributed by atoms with Gasteiger partial charge < -0.3 is 4.74 Å². The molecule has 5 rings (SSSR count). The number of carbonyl (C=O) groups excluding carboxylic acids is 1. The first-order chi connectivity index (χ1) is 28.3. The van der Waals surface area contributed by atoms with E-state index in [1.807, 2.05) is 0 Å². The van der Waals surface area contributed by atoms with Gasteiger partial charge in [0, 0.05) is 62.6 Å². The van der Waals surface area contributed by atoms with Gasteiger partial charge in [-0.1, -0.05) is 127 Å². The molecule has 344 valence electrons. The van der Waals surface area contributed by atoms with Gasteiger partial charge in [-0.3, -0.25) is 10.1 Å². The van der Waals surface area contributed by atoms with Crippen LogP contribution in [0.2, 0.25) is 0 Å². The van der Waals surface area contributed by atoms with Gasteiger partial charge in [0.05, 0.1) is 11.5 Å². The van der Waals surface area contributed by atoms with Crippen LogP contribution in [0.15, 0.2) is 146 Å². The Labute approximate surface area is 385 Å². The zero-order valence-electron chi connectivity index (χ0n) is 32.0. The number of carbonyl (C=O) groups is 1. The summed E-state index contributed by atoms with van der Waals surface area (Å²) in [6, 6.07) is 48.4. The number of hydrogen-bond donors (Lipinski definition) is 0. The van der Waals surface area contributed by atoms with Crippen molar-refractivity contribution in [3.63, 3.8) is 0 Å². The molecule has 0 heterocycles. The van der Waals surface area contributed by atoms with Crippen molar-refractivity contribution in [1.82, 2.24) is 0 Å². The molecule has 5 aromatic rings. The molecule has 0 unspecified atom stereocenters. The quantitative estimate of drug-likeness (QED) is 0.0323. The molecule has 0 N–H and O–H groups in total. The Morgan fingerprint density at radius 3 is 0.968 bits per heavy atom. The first kappa shape index (κ1) is 66.1. The van der Waals surface area contributed by atoms with Crippen LogP contribution in [-0.2, 0) is 48.5 Å². The summed E-state index contributed by atoms with van der Waals surface area (Å²) >= 11 is 0. The summed E-state index contributed by atoms with van der Waals surface area (Å²) in [7, 11) is -16.8. The monoisotopic (exact) mass is 1180 g/mol. The predicted octanol–water partition coefficient (Wildman–Crippen LogP) is 15.5. The first-order valence-electron chi connectivity index (χ1n) is 16.0. The van der Waals surface area contributed by atoms with E-state index in [-0.39, 0.29) is 67.1 Å². The molecular weight excluding hydrogens is 1140 g/mol. The number of nitro benzene ring substituents is 1. The SMILES string of the molecule is CCOC(=O)C#Cc1ccc([N+](=O)[O-])cc1.CP(c1ccccc1)c1ccccc1.CP(c1ccccc1)c1ccccc1.FP(F)F.FP(F)F.FP(F)F.FP(F)F.[Rh].[Rh]. The van der Waals surface area contributed by atoms with Crippen molar-refractivity contribution in [2.24, 2.45) is 0 Å². The summed E-state index contributed by atoms with van der Waals surface area (Å²) in [6.07, 6.45) is 0. The largest absolute Gasteiger partial charge is 0.456 e. The van der Waals surface area contributed by atoms with Crippen LogP contribution in [0.1, 0.15) is 12.5 Å². The molecule has 5 aromatic carbocycles. The van der Waals surface area contributed by atoms with E-state index in [0.29, 0.717) is 5.56 Å². The average Bonchev–Trinajstić information content (AvgIpc) is 3.21. The molecule has 0 fully saturated rings. The maximum atomic E-state index is 10.9. The Bertz CT molecular complexity index is 1690. The van der Waals surface area contributed by atoms with E-state index in [9.17, 15) is 65.3 Å². The van der Waals surface area contributed by atoms with Crippen LogP contribution in [0.4, 0.5) is 56.1 Å². The summed E-state index contributed by atoms with van der Waals surface area (Å²) in [5.41, 5.74) is 0.514. The number of non-ortho nitro benzene ring substituents is 1. The standard InChI is InChI=1S/2C13H13P.C11H9NO4.4F3P.2Rh/c2*1-14(12-8-4-2-5-9-12)13-10-6-3-7-11-13;1-2-16-11(13)8-5-9-3-6-10(7-4-9)12(14)15;4*1-4(2)3;;/h2*2-11H,1H3;3-4,6-7H,2H2,1H3;;;;;;. The van der Waals surface area contributed by atoms with Gasteiger partial charge in [-0.25, -0.2) is 4.79 Å². The molecule has 0 spiro atoms. The van der Waals surface area contributed by atoms with Crippen LogP contribution in [0.3, 0.4) is 0 Å². The van der Waals surface area contributed by atoms with Crippen LogP contribution in [0.5, 0.6) is 0 Å². The van der Waals surface area contributed by atoms with Gasteiger partial charge in [-0.15, -0.1) is 0 Å². The van der Waals surface area contributed by atoms with Crippen LogP contribution in [0.25, 0.3) is 0 Å². The second-order valence-corrected chi connectivity index (χ2v) is 15.8. The van der Waals surface area contributed by atoms with E-state index < -0.39 is 46.3 Å². The van der Waals surface area contributed by atoms with E-state index in [0.717, 1.165) is 0 Å². The molecule has 0 aliphatic rings. The number of benzene rings is 5. The molecule has 62 heavy (non-hydrogen) atoms. The second kappa shape index (κ2) is 42.5. The third-order valence-corrected chi connectivity index (χ3v) is 10.5. The number of esters is 1. The molecule has 25 heteroatoms. The Hall–Kier alpha value is -2.48. The van der Waals surface area contributed by atoms with E-state index >= 15 is 0 Å². The van der Waals surface area contributed by atoms with Gasteiger partial charge >= 0.3 is 41.4 Å². The molecule has 0 aromatic heterocycles. The molecule has 0 atom stereocenters. The number of nitro groups is 1. The van der Waals surface area contributed by atoms with Gasteiger partial charge in [-0.2, -0.15) is 50.4 Å². The summed E-state index contributed by atoms with van der Waals surface area (Å²) in [4.78, 5) is 20.7. The van der Waals surface area contributed by atoms with Crippen molar-refractivity contribution < 1.29 is 104 Å². The fourth-order valence-electron chi connectivity index (χ4n) is 3.86. The van der Waals surface area contributed by atoms with Crippen molar-refractivity contribution in [3.8, 4) is 11.8 Å². The van der Waals surface area contributed by atoms with Crippen molar-refractivity contribution in [1.29, 1.82) is 0 Å². The fraction of sp³-hybridized carbons (Fsp3) is 0.108. The van der Waals surface area contributed by atoms with Gasteiger partial charge in [0.2, 0.25) is 0 Å². The molecular formula is C37H35F12NO4P6Rh2. The van der Waals surface area contributed by atoms with E-state index in [1.165, 1.54) is 45.5 Å². The summed E-state index contributed by atoms with van der Waals surface area (Å²) < 4.78 is 121. The average molecular weight is 1180 g/mol. The Morgan fingerprint density at radius 1 is 0.516 bits per heavy atom. The van der Waals surface area contributed by atoms with Gasteiger partial charge in [-0.05, 0) is 69.4 Å². The molecule has 0 aliphatic heterocycles. The van der Waals surface area contributed by atoms with Crippen molar-refractivity contribution >= 4 is 84.1 Å². The van der Waals surface area contributed by atoms with E-state index in [2.05, 4.69) is 151 Å². The van der Waals surface area contributed by atoms with Crippen LogP contribution in [0, 0.1) is 22.0 Å². The topological polar surface area (TPSA) is 69.4 Å². The third kappa shape index (κ3) is 40.3. The number of rotatable bonds is 6. The minimum absolute atomic E-state index is 0. The van der Waals surface area contributed by atoms with Crippen LogP contribution in [-0.4, -0.2) is 30.8 Å². The van der Waals surface area contributed by atoms with Crippen LogP contribution >= 0.6 is 51.3 Å². The molecule has 5 nitrogen and oxygen atoms in total. The number of hydrogen-bond acceptors (Lipinski definition) is 4. The molecule has 0 saturated carbocycles. The molecule has 0 saturated heterocycles. The molecule has 0 amide bonds. The Kier molecular flexibility index (Phi) is 45.3. The van der Waals surface area contributed by atoms with Crippen molar-refractivity contribution in [3.05, 3.63) is 161 Å². The smallest absolute Gasteiger partial charge is 0.456 e. The van der Waals surface area contributed by atoms with Gasteiger partial charge in [0.15, 0.2) is 0 Å². The second-order valence-electron chi connectivity index (χ2n) is 10.0. The van der Waals surface area contributed by atoms with E-state index in [1.54, 1.807) is 6.92 Å². The number of halogens is 12. The number of ether oxygens (including phenoxy) is 1. The zero-order chi connectivity index (χ0) is 45.9. The molecule has 0 bridgehead atoms. The Morgan fingerprint density at radius 2 is 0.758 bits per heavy atom. The summed E-state index contributed by atoms with van der Waals surface area (Å²) in [5, 5.41) is 16.1. The summed E-state index contributed by atoms with van der Waals surface area (Å²) in [5.74, 6) is 4.21. The minimum Gasteiger partial charge on any atom is -0.456 e. The first-order valence-corrected chi connectivity index (χ1v) is 23.7. The Balaban J connectivity index is -0.000000342. The third-order valence-electron chi connectivity index (χ3n) is 6.24. The van der Waals surface area contributed by atoms with Gasteiger partial charge in [0.1, 0.15) is 0 Å².